The second-order valence-corrected chi connectivity index (χ2v) is 4.67. The molecule has 0 spiro atoms. The second-order valence-electron chi connectivity index (χ2n) is 4.67. The Morgan fingerprint density at radius 1 is 1.18 bits per heavy atom. The molecular formula is C17H18N2O3. The number of rotatable bonds is 6. The lowest BCUT2D eigenvalue weighted by atomic mass is 10.2. The summed E-state index contributed by atoms with van der Waals surface area (Å²) in [6, 6.07) is 14.9. The van der Waals surface area contributed by atoms with Gasteiger partial charge in [0.05, 0.1) is 13.3 Å². The fraction of sp³-hybridized carbons (Fsp3) is 0.176. The molecule has 0 saturated carbocycles. The number of nitrogens with zero attached hydrogens (tertiary/aromatic N) is 1. The van der Waals surface area contributed by atoms with Gasteiger partial charge in [-0.05, 0) is 36.8 Å². The van der Waals surface area contributed by atoms with Crippen molar-refractivity contribution < 1.29 is 14.3 Å². The van der Waals surface area contributed by atoms with Crippen LogP contribution in [0.4, 0.5) is 0 Å². The lowest BCUT2D eigenvalue weighted by Crippen LogP contribution is -2.24. The zero-order valence-electron chi connectivity index (χ0n) is 12.6. The molecule has 0 aliphatic heterocycles. The summed E-state index contributed by atoms with van der Waals surface area (Å²) in [4.78, 5) is 11.6. The molecule has 0 aliphatic rings. The molecule has 2 rings (SSSR count). The predicted octanol–water partition coefficient (Wildman–Crippen LogP) is 2.53. The number of carbonyl (C=O) groups is 1. The number of hydrogen-bond donors (Lipinski definition) is 1. The van der Waals surface area contributed by atoms with Gasteiger partial charge in [-0.25, -0.2) is 5.43 Å². The van der Waals surface area contributed by atoms with Crippen molar-refractivity contribution in [2.45, 2.75) is 6.92 Å². The normalized spacial score (nSPS) is 10.5. The maximum absolute atomic E-state index is 11.6. The summed E-state index contributed by atoms with van der Waals surface area (Å²) in [5.74, 6) is 1.07. The largest absolute Gasteiger partial charge is 0.497 e. The number of hydrogen-bond acceptors (Lipinski definition) is 4. The van der Waals surface area contributed by atoms with E-state index in [1.807, 2.05) is 55.5 Å². The van der Waals surface area contributed by atoms with Crippen LogP contribution in [0.5, 0.6) is 11.5 Å². The number of nitrogens with one attached hydrogen (secondary N) is 1. The smallest absolute Gasteiger partial charge is 0.277 e. The van der Waals surface area contributed by atoms with Crippen molar-refractivity contribution in [2.75, 3.05) is 13.7 Å². The molecule has 5 nitrogen and oxygen atoms in total. The van der Waals surface area contributed by atoms with Gasteiger partial charge < -0.3 is 9.47 Å². The SMILES string of the molecule is COc1cccc(/C=N/NC(=O)COc2ccc(C)cc2)c1. The van der Waals surface area contributed by atoms with Crippen LogP contribution in [0.1, 0.15) is 11.1 Å². The van der Waals surface area contributed by atoms with Gasteiger partial charge in [-0.1, -0.05) is 29.8 Å². The maximum Gasteiger partial charge on any atom is 0.277 e. The molecule has 1 N–H and O–H groups in total. The van der Waals surface area contributed by atoms with Crippen LogP contribution in [-0.4, -0.2) is 25.8 Å². The van der Waals surface area contributed by atoms with Crippen LogP contribution in [0.3, 0.4) is 0 Å². The Balaban J connectivity index is 1.79. The molecular weight excluding hydrogens is 280 g/mol. The standard InChI is InChI=1S/C17H18N2O3/c1-13-6-8-15(9-7-13)22-12-17(20)19-18-11-14-4-3-5-16(10-14)21-2/h3-11H,12H2,1-2H3,(H,19,20)/b18-11+. The van der Waals surface area contributed by atoms with E-state index in [9.17, 15) is 4.79 Å². The monoisotopic (exact) mass is 298 g/mol. The Bertz CT molecular complexity index is 651. The zero-order chi connectivity index (χ0) is 15.8. The van der Waals surface area contributed by atoms with Crippen LogP contribution in [-0.2, 0) is 4.79 Å². The highest BCUT2D eigenvalue weighted by Gasteiger charge is 2.01. The predicted molar refractivity (Wildman–Crippen MR) is 85.4 cm³/mol. The molecule has 1 amide bonds. The van der Waals surface area contributed by atoms with Crippen LogP contribution < -0.4 is 14.9 Å². The van der Waals surface area contributed by atoms with Crippen LogP contribution in [0.15, 0.2) is 53.6 Å². The molecule has 0 atom stereocenters. The van der Waals surface area contributed by atoms with Crippen molar-refractivity contribution in [3.05, 3.63) is 59.7 Å². The summed E-state index contributed by atoms with van der Waals surface area (Å²) in [5.41, 5.74) is 4.39. The molecule has 0 fully saturated rings. The van der Waals surface area contributed by atoms with Gasteiger partial charge in [0.1, 0.15) is 11.5 Å². The van der Waals surface area contributed by atoms with Crippen LogP contribution in [0.25, 0.3) is 0 Å². The number of aryl methyl sites for hydroxylation is 1. The first-order chi connectivity index (χ1) is 10.7. The molecule has 0 radical (unpaired) electrons. The topological polar surface area (TPSA) is 59.9 Å². The maximum atomic E-state index is 11.6. The van der Waals surface area contributed by atoms with Crippen molar-refractivity contribution in [2.24, 2.45) is 5.10 Å². The summed E-state index contributed by atoms with van der Waals surface area (Å²) in [5, 5.41) is 3.88. The van der Waals surface area contributed by atoms with Crippen LogP contribution in [0, 0.1) is 6.92 Å². The van der Waals surface area contributed by atoms with Crippen molar-refractivity contribution in [1.29, 1.82) is 0 Å². The summed E-state index contributed by atoms with van der Waals surface area (Å²) < 4.78 is 10.5. The lowest BCUT2D eigenvalue weighted by molar-refractivity contribution is -0.123. The quantitative estimate of drug-likeness (QED) is 0.658. The molecule has 2 aromatic rings. The van der Waals surface area contributed by atoms with E-state index in [1.165, 1.54) is 0 Å². The molecule has 0 aromatic heterocycles. The summed E-state index contributed by atoms with van der Waals surface area (Å²) in [7, 11) is 1.60. The molecule has 2 aromatic carbocycles. The van der Waals surface area contributed by atoms with Crippen molar-refractivity contribution in [3.8, 4) is 11.5 Å². The highest BCUT2D eigenvalue weighted by atomic mass is 16.5. The van der Waals surface area contributed by atoms with E-state index in [1.54, 1.807) is 13.3 Å². The Hall–Kier alpha value is -2.82. The van der Waals surface area contributed by atoms with Crippen molar-refractivity contribution in [1.82, 2.24) is 5.43 Å². The fourth-order valence-corrected chi connectivity index (χ4v) is 1.72. The molecule has 5 heteroatoms. The van der Waals surface area contributed by atoms with Crippen LogP contribution in [0.2, 0.25) is 0 Å². The third-order valence-electron chi connectivity index (χ3n) is 2.89. The Kier molecular flexibility index (Phi) is 5.54. The average molecular weight is 298 g/mol. The molecule has 0 saturated heterocycles. The Morgan fingerprint density at radius 3 is 2.68 bits per heavy atom. The first-order valence-electron chi connectivity index (χ1n) is 6.83. The first kappa shape index (κ1) is 15.6. The molecule has 22 heavy (non-hydrogen) atoms. The molecule has 0 aliphatic carbocycles. The van der Waals surface area contributed by atoms with Gasteiger partial charge in [0.15, 0.2) is 6.61 Å². The van der Waals surface area contributed by atoms with E-state index >= 15 is 0 Å². The summed E-state index contributed by atoms with van der Waals surface area (Å²) in [6.07, 6.45) is 1.55. The third kappa shape index (κ3) is 4.94. The van der Waals surface area contributed by atoms with Crippen molar-refractivity contribution in [3.63, 3.8) is 0 Å². The van der Waals surface area contributed by atoms with Gasteiger partial charge in [0, 0.05) is 0 Å². The lowest BCUT2D eigenvalue weighted by Gasteiger charge is -2.05. The van der Waals surface area contributed by atoms with E-state index in [0.29, 0.717) is 5.75 Å². The Morgan fingerprint density at radius 2 is 1.95 bits per heavy atom. The summed E-state index contributed by atoms with van der Waals surface area (Å²) >= 11 is 0. The fourth-order valence-electron chi connectivity index (χ4n) is 1.72. The number of amides is 1. The minimum Gasteiger partial charge on any atom is -0.497 e. The molecule has 114 valence electrons. The third-order valence-corrected chi connectivity index (χ3v) is 2.89. The van der Waals surface area contributed by atoms with Gasteiger partial charge in [-0.2, -0.15) is 5.10 Å². The van der Waals surface area contributed by atoms with E-state index in [-0.39, 0.29) is 12.5 Å². The second kappa shape index (κ2) is 7.83. The van der Waals surface area contributed by atoms with E-state index in [4.69, 9.17) is 9.47 Å². The highest BCUT2D eigenvalue weighted by molar-refractivity contribution is 5.83. The minimum atomic E-state index is -0.320. The number of carbonyl (C=O) groups excluding carboxylic acids is 1. The van der Waals surface area contributed by atoms with E-state index in [0.717, 1.165) is 16.9 Å². The molecule has 0 bridgehead atoms. The van der Waals surface area contributed by atoms with Gasteiger partial charge in [-0.15, -0.1) is 0 Å². The van der Waals surface area contributed by atoms with Gasteiger partial charge in [-0.3, -0.25) is 4.79 Å². The van der Waals surface area contributed by atoms with Gasteiger partial charge >= 0.3 is 0 Å². The zero-order valence-corrected chi connectivity index (χ0v) is 12.6. The van der Waals surface area contributed by atoms with E-state index < -0.39 is 0 Å². The number of methoxy groups -OCH3 is 1. The molecule has 0 unspecified atom stereocenters. The Labute approximate surface area is 129 Å². The van der Waals surface area contributed by atoms with E-state index in [2.05, 4.69) is 10.5 Å². The number of ether oxygens (including phenoxy) is 2. The average Bonchev–Trinajstić information content (AvgIpc) is 2.54. The van der Waals surface area contributed by atoms with Gasteiger partial charge in [0.25, 0.3) is 5.91 Å². The number of hydrazone groups is 1. The first-order valence-corrected chi connectivity index (χ1v) is 6.83. The van der Waals surface area contributed by atoms with Crippen molar-refractivity contribution >= 4 is 12.1 Å². The van der Waals surface area contributed by atoms with Gasteiger partial charge in [0.2, 0.25) is 0 Å². The van der Waals surface area contributed by atoms with Crippen LogP contribution >= 0.6 is 0 Å². The molecule has 0 heterocycles. The highest BCUT2D eigenvalue weighted by Crippen LogP contribution is 2.11. The minimum absolute atomic E-state index is 0.0848. The summed E-state index contributed by atoms with van der Waals surface area (Å²) in [6.45, 7) is 1.91. The number of benzene rings is 2.